The van der Waals surface area contributed by atoms with Crippen molar-refractivity contribution < 1.29 is 0 Å². The molecule has 1 unspecified atom stereocenters. The van der Waals surface area contributed by atoms with Gasteiger partial charge in [-0.1, -0.05) is 13.0 Å². The fourth-order valence-electron chi connectivity index (χ4n) is 2.76. The minimum absolute atomic E-state index is 0.00652. The van der Waals surface area contributed by atoms with Gasteiger partial charge in [0.1, 0.15) is 0 Å². The van der Waals surface area contributed by atoms with E-state index in [4.69, 9.17) is 0 Å². The van der Waals surface area contributed by atoms with Crippen molar-refractivity contribution in [2.45, 2.75) is 6.92 Å². The number of hydrogen-bond acceptors (Lipinski definition) is 7. The summed E-state index contributed by atoms with van der Waals surface area (Å²) in [5, 5.41) is 15.1. The highest BCUT2D eigenvalue weighted by molar-refractivity contribution is 5.72. The Labute approximate surface area is 156 Å². The van der Waals surface area contributed by atoms with Gasteiger partial charge in [-0.2, -0.15) is 15.2 Å². The Kier molecular flexibility index (Phi) is 4.41. The van der Waals surface area contributed by atoms with E-state index in [1.165, 1.54) is 0 Å². The lowest BCUT2D eigenvalue weighted by molar-refractivity contribution is 0.468. The van der Waals surface area contributed by atoms with E-state index in [-0.39, 0.29) is 5.41 Å². The van der Waals surface area contributed by atoms with E-state index in [2.05, 4.69) is 48.8 Å². The number of aromatic nitrogens is 6. The first-order valence-electron chi connectivity index (χ1n) is 8.65. The highest BCUT2D eigenvalue weighted by atomic mass is 15.3. The van der Waals surface area contributed by atoms with E-state index >= 15 is 0 Å². The van der Waals surface area contributed by atoms with Crippen molar-refractivity contribution in [3.63, 3.8) is 0 Å². The van der Waals surface area contributed by atoms with Gasteiger partial charge in [-0.3, -0.25) is 9.67 Å². The molecule has 0 saturated heterocycles. The van der Waals surface area contributed by atoms with Crippen LogP contribution in [0.1, 0.15) is 6.92 Å². The minimum atomic E-state index is 0.00652. The van der Waals surface area contributed by atoms with Crippen molar-refractivity contribution in [2.75, 3.05) is 23.7 Å². The molecule has 4 heterocycles. The zero-order valence-electron chi connectivity index (χ0n) is 15.2. The zero-order chi connectivity index (χ0) is 18.7. The van der Waals surface area contributed by atoms with Gasteiger partial charge < -0.3 is 10.6 Å². The van der Waals surface area contributed by atoms with Gasteiger partial charge in [-0.25, -0.2) is 9.67 Å². The molecule has 1 atom stereocenters. The third-order valence-electron chi connectivity index (χ3n) is 4.26. The maximum Gasteiger partial charge on any atom is 0.229 e. The second kappa shape index (κ2) is 7.02. The predicted octanol–water partition coefficient (Wildman–Crippen LogP) is 2.20. The van der Waals surface area contributed by atoms with E-state index in [0.29, 0.717) is 11.8 Å². The molecular weight excluding hydrogens is 342 g/mol. The lowest BCUT2D eigenvalue weighted by atomic mass is 9.89. The second-order valence-electron chi connectivity index (χ2n) is 6.80. The molecule has 9 nitrogen and oxygen atoms in total. The molecule has 3 aromatic rings. The van der Waals surface area contributed by atoms with E-state index in [1.54, 1.807) is 28.0 Å². The predicted molar refractivity (Wildman–Crippen MR) is 105 cm³/mol. The van der Waals surface area contributed by atoms with Gasteiger partial charge in [0.25, 0.3) is 0 Å². The van der Waals surface area contributed by atoms with Gasteiger partial charge in [0.05, 0.1) is 30.0 Å². The van der Waals surface area contributed by atoms with E-state index < -0.39 is 0 Å². The van der Waals surface area contributed by atoms with Crippen LogP contribution in [0.15, 0.2) is 54.2 Å². The molecule has 1 aliphatic heterocycles. The Balaban J connectivity index is 1.44. The summed E-state index contributed by atoms with van der Waals surface area (Å²) in [7, 11) is 1.86. The largest absolute Gasteiger partial charge is 0.382 e. The van der Waals surface area contributed by atoms with Crippen LogP contribution in [0.2, 0.25) is 0 Å². The number of rotatable bonds is 6. The minimum Gasteiger partial charge on any atom is -0.382 e. The summed E-state index contributed by atoms with van der Waals surface area (Å²) in [4.78, 5) is 13.1. The van der Waals surface area contributed by atoms with Crippen molar-refractivity contribution in [2.24, 2.45) is 17.5 Å². The van der Waals surface area contributed by atoms with Crippen molar-refractivity contribution >= 4 is 23.5 Å². The molecule has 4 rings (SSSR count). The smallest absolute Gasteiger partial charge is 0.229 e. The quantitative estimate of drug-likeness (QED) is 0.697. The van der Waals surface area contributed by atoms with Crippen LogP contribution < -0.4 is 10.6 Å². The van der Waals surface area contributed by atoms with Crippen LogP contribution >= 0.6 is 0 Å². The highest BCUT2D eigenvalue weighted by Crippen LogP contribution is 2.22. The number of anilines is 3. The Morgan fingerprint density at radius 3 is 2.85 bits per heavy atom. The topological polar surface area (TPSA) is 97.8 Å². The maximum atomic E-state index is 4.51. The summed E-state index contributed by atoms with van der Waals surface area (Å²) >= 11 is 0. The van der Waals surface area contributed by atoms with Crippen molar-refractivity contribution in [1.82, 2.24) is 29.5 Å². The molecule has 27 heavy (non-hydrogen) atoms. The monoisotopic (exact) mass is 363 g/mol. The number of hydrogen-bond donors (Lipinski definition) is 2. The van der Waals surface area contributed by atoms with Gasteiger partial charge in [0, 0.05) is 50.2 Å². The van der Waals surface area contributed by atoms with Crippen LogP contribution in [-0.4, -0.2) is 48.8 Å². The molecule has 0 bridgehead atoms. The molecule has 1 aliphatic rings. The lowest BCUT2D eigenvalue weighted by Crippen LogP contribution is -2.28. The molecule has 0 saturated carbocycles. The number of nitrogens with zero attached hydrogens (tertiary/aromatic N) is 7. The van der Waals surface area contributed by atoms with Crippen molar-refractivity contribution in [1.29, 1.82) is 0 Å². The average Bonchev–Trinajstić information content (AvgIpc) is 3.30. The summed E-state index contributed by atoms with van der Waals surface area (Å²) in [6.45, 7) is 3.74. The molecule has 0 aromatic carbocycles. The first-order chi connectivity index (χ1) is 13.1. The number of aliphatic imine (C=N–C) groups is 1. The molecular formula is C18H21N9. The SMILES string of the molecule is Cn1cc(Nc2nccc(-n3cc(NCC4(C)C=CC=NC4)cn3)n2)cn1. The Morgan fingerprint density at radius 1 is 1.19 bits per heavy atom. The molecule has 2 N–H and O–H groups in total. The lowest BCUT2D eigenvalue weighted by Gasteiger charge is -2.26. The molecule has 0 amide bonds. The van der Waals surface area contributed by atoms with E-state index in [9.17, 15) is 0 Å². The standard InChI is InChI=1S/C18H21N9/c1-18(5-3-6-19-12-18)13-21-14-8-23-27(11-14)16-4-7-20-17(25-16)24-15-9-22-26(2)10-15/h3-11,21H,12-13H2,1-2H3,(H,20,24,25). The second-order valence-corrected chi connectivity index (χ2v) is 6.80. The average molecular weight is 363 g/mol. The summed E-state index contributed by atoms with van der Waals surface area (Å²) in [6, 6.07) is 1.81. The van der Waals surface area contributed by atoms with Crippen molar-refractivity contribution in [3.8, 4) is 5.82 Å². The third-order valence-corrected chi connectivity index (χ3v) is 4.26. The molecule has 0 fully saturated rings. The van der Waals surface area contributed by atoms with Gasteiger partial charge in [0.15, 0.2) is 5.82 Å². The van der Waals surface area contributed by atoms with Crippen LogP contribution in [0.4, 0.5) is 17.3 Å². The number of aryl methyl sites for hydroxylation is 1. The highest BCUT2D eigenvalue weighted by Gasteiger charge is 2.21. The summed E-state index contributed by atoms with van der Waals surface area (Å²) < 4.78 is 3.43. The van der Waals surface area contributed by atoms with Gasteiger partial charge >= 0.3 is 0 Å². The first-order valence-corrected chi connectivity index (χ1v) is 8.65. The first kappa shape index (κ1) is 17.0. The van der Waals surface area contributed by atoms with Crippen molar-refractivity contribution in [3.05, 3.63) is 49.2 Å². The summed E-state index contributed by atoms with van der Waals surface area (Å²) in [5.74, 6) is 1.17. The molecule has 0 radical (unpaired) electrons. The number of dihydropyridines is 1. The van der Waals surface area contributed by atoms with Gasteiger partial charge in [-0.05, 0) is 6.08 Å². The molecule has 9 heteroatoms. The van der Waals surface area contributed by atoms with E-state index in [1.807, 2.05) is 37.8 Å². The van der Waals surface area contributed by atoms with E-state index in [0.717, 1.165) is 24.5 Å². The zero-order valence-corrected chi connectivity index (χ0v) is 15.2. The summed E-state index contributed by atoms with van der Waals surface area (Å²) in [5.41, 5.74) is 1.76. The Hall–Kier alpha value is -3.49. The molecule has 138 valence electrons. The Bertz CT molecular complexity index is 984. The van der Waals surface area contributed by atoms with Crippen LogP contribution in [0.5, 0.6) is 0 Å². The number of allylic oxidation sites excluding steroid dienone is 1. The van der Waals surface area contributed by atoms with Gasteiger partial charge in [-0.15, -0.1) is 0 Å². The van der Waals surface area contributed by atoms with Crippen LogP contribution in [0.25, 0.3) is 5.82 Å². The van der Waals surface area contributed by atoms with Crippen LogP contribution in [0, 0.1) is 5.41 Å². The normalized spacial score (nSPS) is 18.6. The van der Waals surface area contributed by atoms with Crippen LogP contribution in [0.3, 0.4) is 0 Å². The fraction of sp³-hybridized carbons (Fsp3) is 0.278. The number of nitrogens with one attached hydrogen (secondary N) is 2. The fourth-order valence-corrected chi connectivity index (χ4v) is 2.76. The summed E-state index contributed by atoms with van der Waals surface area (Å²) in [6.07, 6.45) is 15.0. The molecule has 3 aromatic heterocycles. The molecule has 0 spiro atoms. The molecule has 0 aliphatic carbocycles. The maximum absolute atomic E-state index is 4.51. The van der Waals surface area contributed by atoms with Gasteiger partial charge in [0.2, 0.25) is 5.95 Å². The van der Waals surface area contributed by atoms with Crippen LogP contribution in [-0.2, 0) is 7.05 Å². The third kappa shape index (κ3) is 4.02. The Morgan fingerprint density at radius 2 is 2.07 bits per heavy atom.